The van der Waals surface area contributed by atoms with Crippen molar-refractivity contribution in [2.75, 3.05) is 29.2 Å². The number of aryl methyl sites for hydroxylation is 1. The fourth-order valence-corrected chi connectivity index (χ4v) is 4.81. The molecule has 0 spiro atoms. The van der Waals surface area contributed by atoms with Crippen LogP contribution in [0.15, 0.2) is 36.4 Å². The summed E-state index contributed by atoms with van der Waals surface area (Å²) >= 11 is 7.44. The lowest BCUT2D eigenvalue weighted by Gasteiger charge is -2.18. The summed E-state index contributed by atoms with van der Waals surface area (Å²) in [6, 6.07) is 10.6. The molecule has 1 fully saturated rings. The van der Waals surface area contributed by atoms with Gasteiger partial charge in [-0.2, -0.15) is 0 Å². The number of benzene rings is 2. The van der Waals surface area contributed by atoms with Crippen LogP contribution in [0.2, 0.25) is 5.02 Å². The third kappa shape index (κ3) is 4.87. The van der Waals surface area contributed by atoms with Crippen LogP contribution in [0, 0.1) is 6.92 Å². The Balaban J connectivity index is 1.49. The lowest BCUT2D eigenvalue weighted by Crippen LogP contribution is -2.25. The van der Waals surface area contributed by atoms with Gasteiger partial charge in [-0.05, 0) is 24.6 Å². The van der Waals surface area contributed by atoms with Gasteiger partial charge >= 0.3 is 0 Å². The van der Waals surface area contributed by atoms with Crippen LogP contribution in [0.4, 0.5) is 16.5 Å². The predicted molar refractivity (Wildman–Crippen MR) is 131 cm³/mol. The molecule has 1 unspecified atom stereocenters. The van der Waals surface area contributed by atoms with Crippen LogP contribution in [0.25, 0.3) is 0 Å². The van der Waals surface area contributed by atoms with Gasteiger partial charge in [0.25, 0.3) is 5.91 Å². The Bertz CT molecular complexity index is 1280. The number of anilines is 3. The van der Waals surface area contributed by atoms with E-state index in [0.29, 0.717) is 28.8 Å². The van der Waals surface area contributed by atoms with Crippen LogP contribution >= 0.6 is 22.9 Å². The molecule has 1 aromatic heterocycles. The normalized spacial score (nSPS) is 15.4. The largest absolute Gasteiger partial charge is 0.496 e. The van der Waals surface area contributed by atoms with E-state index in [-0.39, 0.29) is 34.1 Å². The Morgan fingerprint density at radius 1 is 1.21 bits per heavy atom. The zero-order valence-electron chi connectivity index (χ0n) is 18.7. The molecule has 3 aromatic rings. The highest BCUT2D eigenvalue weighted by Crippen LogP contribution is 2.36. The number of hydrogen-bond donors (Lipinski definition) is 2. The van der Waals surface area contributed by atoms with Gasteiger partial charge in [0.15, 0.2) is 0 Å². The molecular weight excluding hydrogens is 478 g/mol. The molecule has 0 bridgehead atoms. The SMILES string of the molecule is COc1cc(NC(C)=O)c(Cl)cc1C(=O)Nc1nnc(C2CC(=O)N(c3ccccc3C)C2)s1. The van der Waals surface area contributed by atoms with Gasteiger partial charge in [-0.1, -0.05) is 41.1 Å². The third-order valence-corrected chi connectivity index (χ3v) is 6.70. The number of amides is 3. The Morgan fingerprint density at radius 3 is 2.68 bits per heavy atom. The molecular formula is C23H22ClN5O4S. The minimum Gasteiger partial charge on any atom is -0.496 e. The highest BCUT2D eigenvalue weighted by atomic mass is 35.5. The number of nitrogens with zero attached hydrogens (tertiary/aromatic N) is 3. The average molecular weight is 500 g/mol. The molecule has 2 N–H and O–H groups in total. The Labute approximate surface area is 205 Å². The van der Waals surface area contributed by atoms with E-state index in [2.05, 4.69) is 20.8 Å². The minimum atomic E-state index is -0.486. The number of para-hydroxylation sites is 1. The number of carbonyl (C=O) groups is 3. The quantitative estimate of drug-likeness (QED) is 0.524. The number of carbonyl (C=O) groups excluding carboxylic acids is 3. The van der Waals surface area contributed by atoms with Crippen LogP contribution in [0.3, 0.4) is 0 Å². The van der Waals surface area contributed by atoms with E-state index in [9.17, 15) is 14.4 Å². The molecule has 34 heavy (non-hydrogen) atoms. The predicted octanol–water partition coefficient (Wildman–Crippen LogP) is 4.24. The standard InChI is InChI=1S/C23H22ClN5O4S/c1-12-6-4-5-7-18(12)29-11-14(8-20(29)31)22-27-28-23(34-22)26-21(32)15-9-16(24)17(25-13(2)30)10-19(15)33-3/h4-7,9-10,14H,8,11H2,1-3H3,(H,25,30)(H,26,28,32). The lowest BCUT2D eigenvalue weighted by molar-refractivity contribution is -0.117. The van der Waals surface area contributed by atoms with Crippen molar-refractivity contribution in [3.05, 3.63) is 57.6 Å². The van der Waals surface area contributed by atoms with E-state index in [1.165, 1.54) is 37.5 Å². The summed E-state index contributed by atoms with van der Waals surface area (Å²) in [4.78, 5) is 38.6. The van der Waals surface area contributed by atoms with Gasteiger partial charge in [-0.25, -0.2) is 0 Å². The van der Waals surface area contributed by atoms with Crippen LogP contribution in [-0.2, 0) is 9.59 Å². The number of aromatic nitrogens is 2. The number of rotatable bonds is 6. The Morgan fingerprint density at radius 2 is 1.97 bits per heavy atom. The van der Waals surface area contributed by atoms with Gasteiger partial charge < -0.3 is 15.0 Å². The fourth-order valence-electron chi connectivity index (χ4n) is 3.77. The summed E-state index contributed by atoms with van der Waals surface area (Å²) in [5, 5.41) is 14.7. The number of halogens is 1. The van der Waals surface area contributed by atoms with Crippen molar-refractivity contribution < 1.29 is 19.1 Å². The highest BCUT2D eigenvalue weighted by molar-refractivity contribution is 7.15. The van der Waals surface area contributed by atoms with E-state index in [1.807, 2.05) is 31.2 Å². The van der Waals surface area contributed by atoms with Gasteiger partial charge in [0, 0.05) is 37.6 Å². The molecule has 11 heteroatoms. The molecule has 1 saturated heterocycles. The Hall–Kier alpha value is -3.50. The second-order valence-electron chi connectivity index (χ2n) is 7.80. The van der Waals surface area contributed by atoms with E-state index in [1.54, 1.807) is 4.90 Å². The zero-order chi connectivity index (χ0) is 24.4. The second kappa shape index (κ2) is 9.78. The Kier molecular flexibility index (Phi) is 6.80. The smallest absolute Gasteiger partial charge is 0.261 e. The van der Waals surface area contributed by atoms with Crippen molar-refractivity contribution in [1.82, 2.24) is 10.2 Å². The molecule has 1 aliphatic heterocycles. The summed E-state index contributed by atoms with van der Waals surface area (Å²) in [6.45, 7) is 3.83. The number of hydrogen-bond acceptors (Lipinski definition) is 7. The first-order chi connectivity index (χ1) is 16.3. The van der Waals surface area contributed by atoms with E-state index < -0.39 is 5.91 Å². The van der Waals surface area contributed by atoms with E-state index in [4.69, 9.17) is 16.3 Å². The summed E-state index contributed by atoms with van der Waals surface area (Å²) in [5.74, 6) is -0.630. The minimum absolute atomic E-state index is 0.0266. The van der Waals surface area contributed by atoms with Crippen LogP contribution in [-0.4, -0.2) is 41.6 Å². The number of ether oxygens (including phenoxy) is 1. The van der Waals surface area contributed by atoms with Crippen molar-refractivity contribution in [3.63, 3.8) is 0 Å². The average Bonchev–Trinajstić information content (AvgIpc) is 3.41. The first kappa shape index (κ1) is 23.7. The molecule has 176 valence electrons. The molecule has 2 heterocycles. The van der Waals surface area contributed by atoms with Gasteiger partial charge in [0.1, 0.15) is 10.8 Å². The van der Waals surface area contributed by atoms with Crippen LogP contribution in [0.1, 0.15) is 40.2 Å². The van der Waals surface area contributed by atoms with Gasteiger partial charge in [0.2, 0.25) is 16.9 Å². The number of methoxy groups -OCH3 is 1. The highest BCUT2D eigenvalue weighted by Gasteiger charge is 2.34. The second-order valence-corrected chi connectivity index (χ2v) is 9.22. The molecule has 0 saturated carbocycles. The summed E-state index contributed by atoms with van der Waals surface area (Å²) < 4.78 is 5.30. The van der Waals surface area contributed by atoms with Crippen molar-refractivity contribution in [3.8, 4) is 5.75 Å². The molecule has 0 aliphatic carbocycles. The molecule has 3 amide bonds. The topological polar surface area (TPSA) is 114 Å². The zero-order valence-corrected chi connectivity index (χ0v) is 20.3. The molecule has 0 radical (unpaired) electrons. The maximum Gasteiger partial charge on any atom is 0.261 e. The van der Waals surface area contributed by atoms with Crippen molar-refractivity contribution in [1.29, 1.82) is 0 Å². The maximum absolute atomic E-state index is 12.9. The molecule has 9 nitrogen and oxygen atoms in total. The summed E-state index contributed by atoms with van der Waals surface area (Å²) in [6.07, 6.45) is 0.324. The summed E-state index contributed by atoms with van der Waals surface area (Å²) in [5.41, 5.74) is 2.43. The van der Waals surface area contributed by atoms with Gasteiger partial charge in [-0.15, -0.1) is 10.2 Å². The molecule has 2 aromatic carbocycles. The maximum atomic E-state index is 12.9. The van der Waals surface area contributed by atoms with Gasteiger partial charge in [0.05, 0.1) is 23.4 Å². The first-order valence-corrected chi connectivity index (χ1v) is 11.6. The van der Waals surface area contributed by atoms with Gasteiger partial charge in [-0.3, -0.25) is 19.7 Å². The van der Waals surface area contributed by atoms with E-state index in [0.717, 1.165) is 11.3 Å². The van der Waals surface area contributed by atoms with Crippen LogP contribution in [0.5, 0.6) is 5.75 Å². The lowest BCUT2D eigenvalue weighted by atomic mass is 10.1. The third-order valence-electron chi connectivity index (χ3n) is 5.39. The molecule has 1 atom stereocenters. The molecule has 1 aliphatic rings. The fraction of sp³-hybridized carbons (Fsp3) is 0.261. The molecule has 4 rings (SSSR count). The van der Waals surface area contributed by atoms with E-state index >= 15 is 0 Å². The van der Waals surface area contributed by atoms with Crippen LogP contribution < -0.4 is 20.3 Å². The van der Waals surface area contributed by atoms with Crippen molar-refractivity contribution >= 4 is 57.2 Å². The number of nitrogens with one attached hydrogen (secondary N) is 2. The first-order valence-electron chi connectivity index (χ1n) is 10.4. The summed E-state index contributed by atoms with van der Waals surface area (Å²) in [7, 11) is 1.41. The van der Waals surface area contributed by atoms with Crippen molar-refractivity contribution in [2.45, 2.75) is 26.2 Å². The van der Waals surface area contributed by atoms with Crippen molar-refractivity contribution in [2.24, 2.45) is 0 Å². The monoisotopic (exact) mass is 499 g/mol.